The van der Waals surface area contributed by atoms with Crippen molar-refractivity contribution in [2.45, 2.75) is 62.3 Å². The summed E-state index contributed by atoms with van der Waals surface area (Å²) in [7, 11) is 1.67. The van der Waals surface area contributed by atoms with E-state index in [1.165, 1.54) is 0 Å². The van der Waals surface area contributed by atoms with Crippen molar-refractivity contribution in [3.63, 3.8) is 0 Å². The van der Waals surface area contributed by atoms with E-state index in [0.717, 1.165) is 67.3 Å². The van der Waals surface area contributed by atoms with Gasteiger partial charge in [-0.05, 0) is 53.1 Å². The molecule has 2 aliphatic heterocycles. The third-order valence-corrected chi connectivity index (χ3v) is 10.4. The summed E-state index contributed by atoms with van der Waals surface area (Å²) in [6.45, 7) is 5.85. The number of nitrogens with one attached hydrogen (secondary N) is 1. The molecular weight excluding hydrogens is 634 g/mol. The maximum Gasteiger partial charge on any atom is 0.245 e. The highest BCUT2D eigenvalue weighted by atomic mass is 16.5. The molecule has 2 fully saturated rings. The lowest BCUT2D eigenvalue weighted by atomic mass is 9.84. The quantitative estimate of drug-likeness (QED) is 0.223. The lowest BCUT2D eigenvalue weighted by Gasteiger charge is -2.34. The molecule has 6 rings (SSSR count). The second-order valence-corrected chi connectivity index (χ2v) is 13.9. The summed E-state index contributed by atoms with van der Waals surface area (Å²) in [6, 6.07) is 24.0. The van der Waals surface area contributed by atoms with Crippen LogP contribution in [0.15, 0.2) is 78.9 Å². The van der Waals surface area contributed by atoms with Crippen LogP contribution in [0.2, 0.25) is 0 Å². The third kappa shape index (κ3) is 9.30. The van der Waals surface area contributed by atoms with Crippen molar-refractivity contribution < 1.29 is 34.0 Å². The highest BCUT2D eigenvalue weighted by molar-refractivity contribution is 5.88. The summed E-state index contributed by atoms with van der Waals surface area (Å²) in [5, 5.41) is 26.0. The zero-order valence-electron chi connectivity index (χ0n) is 29.0. The van der Waals surface area contributed by atoms with Gasteiger partial charge < -0.3 is 34.6 Å². The van der Waals surface area contributed by atoms with Gasteiger partial charge in [-0.25, -0.2) is 0 Å². The number of rotatable bonds is 15. The predicted molar refractivity (Wildman–Crippen MR) is 190 cm³/mol. The smallest absolute Gasteiger partial charge is 0.245 e. The molecule has 0 spiro atoms. The molecule has 0 unspecified atom stereocenters. The van der Waals surface area contributed by atoms with Crippen LogP contribution in [0.4, 0.5) is 0 Å². The second kappa shape index (κ2) is 17.4. The van der Waals surface area contributed by atoms with Crippen molar-refractivity contribution >= 4 is 11.8 Å². The van der Waals surface area contributed by atoms with Gasteiger partial charge in [-0.3, -0.25) is 14.5 Å². The van der Waals surface area contributed by atoms with Gasteiger partial charge in [0, 0.05) is 65.1 Å². The van der Waals surface area contributed by atoms with Crippen LogP contribution in [0.1, 0.15) is 53.5 Å². The molecule has 0 bridgehead atoms. The molecule has 0 saturated carbocycles. The first-order valence-electron chi connectivity index (χ1n) is 18.0. The zero-order valence-corrected chi connectivity index (χ0v) is 29.0. The Morgan fingerprint density at radius 1 is 0.980 bits per heavy atom. The van der Waals surface area contributed by atoms with Crippen LogP contribution in [0.25, 0.3) is 0 Å². The Labute approximate surface area is 295 Å². The van der Waals surface area contributed by atoms with Gasteiger partial charge in [-0.1, -0.05) is 66.7 Å². The molecule has 0 aromatic heterocycles. The number of carbonyl (C=O) groups excluding carboxylic acids is 2. The first kappa shape index (κ1) is 36.0. The minimum absolute atomic E-state index is 0.00976. The number of likely N-dealkylation sites (N-methyl/N-ethyl adjacent to an activating group) is 1. The average Bonchev–Trinajstić information content (AvgIpc) is 3.77. The van der Waals surface area contributed by atoms with E-state index in [4.69, 9.17) is 14.2 Å². The largest absolute Gasteiger partial charge is 0.492 e. The van der Waals surface area contributed by atoms with Crippen LogP contribution >= 0.6 is 0 Å². The van der Waals surface area contributed by atoms with Crippen LogP contribution in [0.3, 0.4) is 0 Å². The predicted octanol–water partition coefficient (Wildman–Crippen LogP) is 3.50. The molecule has 50 heavy (non-hydrogen) atoms. The fraction of sp³-hybridized carbons (Fsp3) is 0.500. The lowest BCUT2D eigenvalue weighted by Crippen LogP contribution is -2.51. The maximum atomic E-state index is 14.3. The fourth-order valence-corrected chi connectivity index (χ4v) is 7.56. The number of aliphatic hydroxyl groups is 2. The molecule has 268 valence electrons. The number of aliphatic hydroxyl groups excluding tert-OH is 2. The number of amides is 2. The van der Waals surface area contributed by atoms with Crippen molar-refractivity contribution in [1.82, 2.24) is 15.1 Å². The molecule has 2 heterocycles. The van der Waals surface area contributed by atoms with Gasteiger partial charge in [0.1, 0.15) is 18.4 Å². The summed E-state index contributed by atoms with van der Waals surface area (Å²) in [4.78, 5) is 31.5. The Hall–Kier alpha value is -3.80. The SMILES string of the molecule is CN(C(=O)[C@@H](C[C@H](O)[C@@H](Cc1ccccc1)c1ccc(OCCN2CCOCC2)cc1)NC(=O)C[C@H]1CCOC1)[C@H]1c2ccccc2C[C@H]1O. The summed E-state index contributed by atoms with van der Waals surface area (Å²) >= 11 is 0. The first-order valence-corrected chi connectivity index (χ1v) is 18.0. The highest BCUT2D eigenvalue weighted by Crippen LogP contribution is 2.36. The van der Waals surface area contributed by atoms with Crippen LogP contribution in [-0.4, -0.2) is 110 Å². The van der Waals surface area contributed by atoms with Crippen molar-refractivity contribution in [3.05, 3.63) is 101 Å². The van der Waals surface area contributed by atoms with Crippen LogP contribution < -0.4 is 10.1 Å². The van der Waals surface area contributed by atoms with E-state index in [2.05, 4.69) is 10.2 Å². The van der Waals surface area contributed by atoms with E-state index in [1.807, 2.05) is 78.9 Å². The summed E-state index contributed by atoms with van der Waals surface area (Å²) in [6.07, 6.45) is 0.310. The van der Waals surface area contributed by atoms with E-state index in [0.29, 0.717) is 32.7 Å². The molecule has 3 N–H and O–H groups in total. The molecule has 1 aliphatic carbocycles. The first-order chi connectivity index (χ1) is 24.4. The monoisotopic (exact) mass is 685 g/mol. The lowest BCUT2D eigenvalue weighted by molar-refractivity contribution is -0.140. The molecule has 3 aromatic carbocycles. The van der Waals surface area contributed by atoms with Crippen LogP contribution in [0.5, 0.6) is 5.75 Å². The molecule has 2 amide bonds. The molecule has 0 radical (unpaired) electrons. The maximum absolute atomic E-state index is 14.3. The van der Waals surface area contributed by atoms with Gasteiger partial charge in [-0.2, -0.15) is 0 Å². The molecule has 3 aliphatic rings. The fourth-order valence-electron chi connectivity index (χ4n) is 7.56. The number of fused-ring (bicyclic) bond motifs is 1. The van der Waals surface area contributed by atoms with Gasteiger partial charge in [0.05, 0.1) is 31.5 Å². The molecule has 10 heteroatoms. The Kier molecular flexibility index (Phi) is 12.5. The number of morpholine rings is 1. The number of nitrogens with zero attached hydrogens (tertiary/aromatic N) is 2. The topological polar surface area (TPSA) is 121 Å². The Morgan fingerprint density at radius 2 is 1.72 bits per heavy atom. The van der Waals surface area contributed by atoms with Crippen LogP contribution in [0, 0.1) is 5.92 Å². The molecule has 2 saturated heterocycles. The molecule has 6 atom stereocenters. The Bertz CT molecular complexity index is 1530. The Balaban J connectivity index is 1.20. The summed E-state index contributed by atoms with van der Waals surface area (Å²) < 4.78 is 17.0. The van der Waals surface area contributed by atoms with Gasteiger partial charge >= 0.3 is 0 Å². The van der Waals surface area contributed by atoms with Gasteiger partial charge in [0.2, 0.25) is 11.8 Å². The van der Waals surface area contributed by atoms with E-state index in [-0.39, 0.29) is 36.5 Å². The second-order valence-electron chi connectivity index (χ2n) is 13.9. The number of hydrogen-bond acceptors (Lipinski definition) is 8. The highest BCUT2D eigenvalue weighted by Gasteiger charge is 2.39. The zero-order chi connectivity index (χ0) is 34.9. The van der Waals surface area contributed by atoms with Gasteiger partial charge in [-0.15, -0.1) is 0 Å². The standard InChI is InChI=1S/C40H51N3O7/c1-42(39-33-10-6-5-9-31(33)25-37(39)45)40(47)35(41-38(46)24-29-15-19-49-27-29)26-36(44)34(23-28-7-3-2-4-8-28)30-11-13-32(14-12-30)50-22-18-43-16-20-48-21-17-43/h2-14,29,34-37,39,44-45H,15-27H2,1H3,(H,41,46)/t29-,34+,35-,36+,37-,39+/m1/s1. The van der Waals surface area contributed by atoms with Crippen molar-refractivity contribution in [1.29, 1.82) is 0 Å². The summed E-state index contributed by atoms with van der Waals surface area (Å²) in [5.41, 5.74) is 3.87. The minimum Gasteiger partial charge on any atom is -0.492 e. The van der Waals surface area contributed by atoms with Gasteiger partial charge in [0.25, 0.3) is 0 Å². The molecule has 3 aromatic rings. The summed E-state index contributed by atoms with van der Waals surface area (Å²) in [5.74, 6) is -0.104. The van der Waals surface area contributed by atoms with E-state index in [9.17, 15) is 19.8 Å². The number of hydrogen-bond donors (Lipinski definition) is 3. The van der Waals surface area contributed by atoms with E-state index < -0.39 is 24.3 Å². The third-order valence-electron chi connectivity index (χ3n) is 10.4. The Morgan fingerprint density at radius 3 is 2.46 bits per heavy atom. The van der Waals surface area contributed by atoms with Crippen molar-refractivity contribution in [3.8, 4) is 5.75 Å². The van der Waals surface area contributed by atoms with E-state index >= 15 is 0 Å². The molecule has 10 nitrogen and oxygen atoms in total. The normalized spacial score (nSPS) is 22.3. The van der Waals surface area contributed by atoms with E-state index in [1.54, 1.807) is 11.9 Å². The number of carbonyl (C=O) groups is 2. The minimum atomic E-state index is -0.995. The number of benzene rings is 3. The van der Waals surface area contributed by atoms with Crippen molar-refractivity contribution in [2.75, 3.05) is 59.7 Å². The average molecular weight is 686 g/mol. The molecular formula is C40H51N3O7. The van der Waals surface area contributed by atoms with Crippen molar-refractivity contribution in [2.24, 2.45) is 5.92 Å². The van der Waals surface area contributed by atoms with Gasteiger partial charge in [0.15, 0.2) is 0 Å². The number of ether oxygens (including phenoxy) is 3. The van der Waals surface area contributed by atoms with Crippen LogP contribution in [-0.2, 0) is 31.9 Å².